The average Bonchev–Trinajstić information content (AvgIpc) is 2.91. The molecule has 0 radical (unpaired) electrons. The predicted molar refractivity (Wildman–Crippen MR) is 72.0 cm³/mol. The number of nitrogens with one attached hydrogen (secondary N) is 1. The number of rotatable bonds is 3. The third kappa shape index (κ3) is 2.01. The van der Waals surface area contributed by atoms with Crippen LogP contribution < -0.4 is 5.32 Å². The molecule has 0 saturated heterocycles. The van der Waals surface area contributed by atoms with Gasteiger partial charge in [0.15, 0.2) is 0 Å². The highest BCUT2D eigenvalue weighted by Crippen LogP contribution is 2.48. The van der Waals surface area contributed by atoms with Crippen LogP contribution in [0.2, 0.25) is 0 Å². The molecule has 1 heteroatoms. The monoisotopic (exact) mass is 229 g/mol. The van der Waals surface area contributed by atoms with Gasteiger partial charge in [-0.3, -0.25) is 0 Å². The standard InChI is InChI=1S/C16H23N/c1-15(2)10-12-6-4-5-7-13(12)14(15)17-11-16(3)8-9-16/h4-7,14,17H,8-11H2,1-3H3. The van der Waals surface area contributed by atoms with Gasteiger partial charge in [0, 0.05) is 12.6 Å². The zero-order valence-electron chi connectivity index (χ0n) is 11.2. The topological polar surface area (TPSA) is 12.0 Å². The molecule has 1 aromatic rings. The van der Waals surface area contributed by atoms with E-state index in [9.17, 15) is 0 Å². The van der Waals surface area contributed by atoms with E-state index in [1.54, 1.807) is 0 Å². The normalized spacial score (nSPS) is 27.8. The van der Waals surface area contributed by atoms with Crippen LogP contribution in [0.4, 0.5) is 0 Å². The minimum absolute atomic E-state index is 0.356. The predicted octanol–water partition coefficient (Wildman–Crippen LogP) is 3.70. The van der Waals surface area contributed by atoms with Crippen LogP contribution in [-0.2, 0) is 6.42 Å². The third-order valence-corrected chi connectivity index (χ3v) is 4.63. The first-order valence-corrected chi connectivity index (χ1v) is 6.81. The first kappa shape index (κ1) is 11.3. The van der Waals surface area contributed by atoms with Gasteiger partial charge in [-0.2, -0.15) is 0 Å². The van der Waals surface area contributed by atoms with Crippen molar-refractivity contribution in [2.24, 2.45) is 10.8 Å². The summed E-state index contributed by atoms with van der Waals surface area (Å²) in [6.45, 7) is 8.35. The van der Waals surface area contributed by atoms with Gasteiger partial charge < -0.3 is 5.32 Å². The fourth-order valence-corrected chi connectivity index (χ4v) is 3.12. The van der Waals surface area contributed by atoms with Gasteiger partial charge in [-0.1, -0.05) is 45.0 Å². The largest absolute Gasteiger partial charge is 0.309 e. The summed E-state index contributed by atoms with van der Waals surface area (Å²) in [5.41, 5.74) is 4.01. The van der Waals surface area contributed by atoms with Crippen LogP contribution in [0.25, 0.3) is 0 Å². The van der Waals surface area contributed by atoms with Crippen LogP contribution in [0.15, 0.2) is 24.3 Å². The second-order valence-corrected chi connectivity index (χ2v) is 6.99. The van der Waals surface area contributed by atoms with Crippen LogP contribution in [0.1, 0.15) is 50.8 Å². The van der Waals surface area contributed by atoms with Gasteiger partial charge in [0.25, 0.3) is 0 Å². The van der Waals surface area contributed by atoms with Gasteiger partial charge in [0.2, 0.25) is 0 Å². The Morgan fingerprint density at radius 1 is 1.18 bits per heavy atom. The van der Waals surface area contributed by atoms with E-state index in [0.717, 1.165) is 0 Å². The molecule has 0 aliphatic heterocycles. The molecule has 2 aliphatic carbocycles. The summed E-state index contributed by atoms with van der Waals surface area (Å²) >= 11 is 0. The van der Waals surface area contributed by atoms with Crippen molar-refractivity contribution in [1.29, 1.82) is 0 Å². The van der Waals surface area contributed by atoms with Crippen LogP contribution in [0, 0.1) is 10.8 Å². The minimum Gasteiger partial charge on any atom is -0.309 e. The molecule has 92 valence electrons. The third-order valence-electron chi connectivity index (χ3n) is 4.63. The van der Waals surface area contributed by atoms with Crippen molar-refractivity contribution >= 4 is 0 Å². The Kier molecular flexibility index (Phi) is 2.38. The van der Waals surface area contributed by atoms with Gasteiger partial charge in [0.05, 0.1) is 0 Å². The first-order valence-electron chi connectivity index (χ1n) is 6.81. The van der Waals surface area contributed by atoms with E-state index in [2.05, 4.69) is 50.4 Å². The molecule has 1 fully saturated rings. The molecule has 0 heterocycles. The molecule has 1 N–H and O–H groups in total. The lowest BCUT2D eigenvalue weighted by Gasteiger charge is -2.30. The van der Waals surface area contributed by atoms with Crippen LogP contribution >= 0.6 is 0 Å². The van der Waals surface area contributed by atoms with Crippen LogP contribution in [0.5, 0.6) is 0 Å². The molecule has 1 atom stereocenters. The molecule has 17 heavy (non-hydrogen) atoms. The van der Waals surface area contributed by atoms with Crippen molar-refractivity contribution in [2.75, 3.05) is 6.54 Å². The van der Waals surface area contributed by atoms with E-state index in [0.29, 0.717) is 16.9 Å². The van der Waals surface area contributed by atoms with Crippen molar-refractivity contribution < 1.29 is 0 Å². The van der Waals surface area contributed by atoms with Crippen LogP contribution in [-0.4, -0.2) is 6.54 Å². The maximum Gasteiger partial charge on any atom is 0.0377 e. The van der Waals surface area contributed by atoms with E-state index in [-0.39, 0.29) is 0 Å². The molecule has 2 aliphatic rings. The maximum atomic E-state index is 3.83. The molecule has 1 nitrogen and oxygen atoms in total. The van der Waals surface area contributed by atoms with Crippen molar-refractivity contribution in [1.82, 2.24) is 5.32 Å². The highest BCUT2D eigenvalue weighted by Gasteiger charge is 2.42. The Morgan fingerprint density at radius 3 is 2.59 bits per heavy atom. The fourth-order valence-electron chi connectivity index (χ4n) is 3.12. The Bertz CT molecular complexity index is 429. The summed E-state index contributed by atoms with van der Waals surface area (Å²) in [6, 6.07) is 9.47. The molecular formula is C16H23N. The Morgan fingerprint density at radius 2 is 1.88 bits per heavy atom. The minimum atomic E-state index is 0.356. The molecule has 0 aromatic heterocycles. The van der Waals surface area contributed by atoms with Crippen LogP contribution in [0.3, 0.4) is 0 Å². The highest BCUT2D eigenvalue weighted by atomic mass is 15.0. The molecule has 0 bridgehead atoms. The molecule has 0 amide bonds. The van der Waals surface area contributed by atoms with Gasteiger partial charge in [-0.25, -0.2) is 0 Å². The zero-order valence-corrected chi connectivity index (χ0v) is 11.2. The second-order valence-electron chi connectivity index (χ2n) is 6.99. The van der Waals surface area contributed by atoms with Gasteiger partial charge in [0.1, 0.15) is 0 Å². The van der Waals surface area contributed by atoms with E-state index in [4.69, 9.17) is 0 Å². The molecule has 1 unspecified atom stereocenters. The Labute approximate surface area is 105 Å². The summed E-state index contributed by atoms with van der Waals surface area (Å²) in [6.07, 6.45) is 4.00. The zero-order chi connectivity index (χ0) is 12.1. The summed E-state index contributed by atoms with van der Waals surface area (Å²) in [5, 5.41) is 3.83. The van der Waals surface area contributed by atoms with Gasteiger partial charge >= 0.3 is 0 Å². The molecule has 3 rings (SSSR count). The van der Waals surface area contributed by atoms with E-state index >= 15 is 0 Å². The first-order chi connectivity index (χ1) is 8.00. The van der Waals surface area contributed by atoms with Crippen molar-refractivity contribution in [3.05, 3.63) is 35.4 Å². The molecule has 1 saturated carbocycles. The van der Waals surface area contributed by atoms with E-state index in [1.807, 2.05) is 0 Å². The van der Waals surface area contributed by atoms with E-state index in [1.165, 1.54) is 36.9 Å². The Balaban J connectivity index is 1.81. The lowest BCUT2D eigenvalue weighted by atomic mass is 9.85. The fraction of sp³-hybridized carbons (Fsp3) is 0.625. The highest BCUT2D eigenvalue weighted by molar-refractivity contribution is 5.37. The lowest BCUT2D eigenvalue weighted by Crippen LogP contribution is -2.34. The molecule has 1 aromatic carbocycles. The number of hydrogen-bond donors (Lipinski definition) is 1. The average molecular weight is 229 g/mol. The summed E-state index contributed by atoms with van der Waals surface area (Å²) in [5.74, 6) is 0. The number of hydrogen-bond acceptors (Lipinski definition) is 1. The van der Waals surface area contributed by atoms with Crippen molar-refractivity contribution in [2.45, 2.75) is 46.1 Å². The summed E-state index contributed by atoms with van der Waals surface area (Å²) < 4.78 is 0. The van der Waals surface area contributed by atoms with Gasteiger partial charge in [-0.05, 0) is 41.2 Å². The molecular weight excluding hydrogens is 206 g/mol. The van der Waals surface area contributed by atoms with Gasteiger partial charge in [-0.15, -0.1) is 0 Å². The molecule has 0 spiro atoms. The second kappa shape index (κ2) is 3.58. The smallest absolute Gasteiger partial charge is 0.0377 e. The van der Waals surface area contributed by atoms with Crippen molar-refractivity contribution in [3.8, 4) is 0 Å². The SMILES string of the molecule is CC1(CNC2c3ccccc3CC2(C)C)CC1. The quantitative estimate of drug-likeness (QED) is 0.833. The number of benzene rings is 1. The van der Waals surface area contributed by atoms with E-state index < -0.39 is 0 Å². The summed E-state index contributed by atoms with van der Waals surface area (Å²) in [7, 11) is 0. The maximum absolute atomic E-state index is 3.83. The number of fused-ring (bicyclic) bond motifs is 1. The summed E-state index contributed by atoms with van der Waals surface area (Å²) in [4.78, 5) is 0. The Hall–Kier alpha value is -0.820. The lowest BCUT2D eigenvalue weighted by molar-refractivity contribution is 0.257. The van der Waals surface area contributed by atoms with Crippen molar-refractivity contribution in [3.63, 3.8) is 0 Å².